The standard InChI is InChI=1S/C20H41N5O.HI/c1-5-25(6-2)15-9-10-17(3)24-20(21-4)23-14-13-22-19(26)16-18-11-7-8-12-18;/h17-18H,5-16H2,1-4H3,(H,22,26)(H2,21,23,24);1H. The lowest BCUT2D eigenvalue weighted by Gasteiger charge is -2.21. The maximum absolute atomic E-state index is 11.9. The van der Waals surface area contributed by atoms with Gasteiger partial charge < -0.3 is 20.9 Å². The first-order chi connectivity index (χ1) is 12.6. The predicted molar refractivity (Wildman–Crippen MR) is 126 cm³/mol. The van der Waals surface area contributed by atoms with E-state index in [2.05, 4.69) is 46.6 Å². The van der Waals surface area contributed by atoms with Gasteiger partial charge in [0.25, 0.3) is 0 Å². The zero-order valence-corrected chi connectivity index (χ0v) is 20.2. The van der Waals surface area contributed by atoms with Gasteiger partial charge in [-0.05, 0) is 58.2 Å². The van der Waals surface area contributed by atoms with Gasteiger partial charge >= 0.3 is 0 Å². The molecule has 1 amide bonds. The van der Waals surface area contributed by atoms with E-state index in [0.29, 0.717) is 31.5 Å². The predicted octanol–water partition coefficient (Wildman–Crippen LogP) is 2.98. The smallest absolute Gasteiger partial charge is 0.220 e. The monoisotopic (exact) mass is 495 g/mol. The highest BCUT2D eigenvalue weighted by Crippen LogP contribution is 2.27. The second-order valence-electron chi connectivity index (χ2n) is 7.42. The Hall–Kier alpha value is -0.570. The highest BCUT2D eigenvalue weighted by atomic mass is 127. The average molecular weight is 495 g/mol. The molecule has 1 rings (SSSR count). The number of hydrogen-bond acceptors (Lipinski definition) is 3. The quantitative estimate of drug-likeness (QED) is 0.169. The molecule has 3 N–H and O–H groups in total. The van der Waals surface area contributed by atoms with Gasteiger partial charge in [-0.25, -0.2) is 0 Å². The summed E-state index contributed by atoms with van der Waals surface area (Å²) < 4.78 is 0. The Morgan fingerprint density at radius 2 is 1.78 bits per heavy atom. The second-order valence-corrected chi connectivity index (χ2v) is 7.42. The third kappa shape index (κ3) is 12.5. The van der Waals surface area contributed by atoms with Crippen molar-refractivity contribution in [3.8, 4) is 0 Å². The van der Waals surface area contributed by atoms with Crippen molar-refractivity contribution in [3.05, 3.63) is 0 Å². The lowest BCUT2D eigenvalue weighted by Crippen LogP contribution is -2.45. The Morgan fingerprint density at radius 1 is 1.15 bits per heavy atom. The van der Waals surface area contributed by atoms with Gasteiger partial charge in [0.2, 0.25) is 5.91 Å². The Balaban J connectivity index is 0.00000676. The van der Waals surface area contributed by atoms with Crippen LogP contribution >= 0.6 is 24.0 Å². The summed E-state index contributed by atoms with van der Waals surface area (Å²) in [5.41, 5.74) is 0. The summed E-state index contributed by atoms with van der Waals surface area (Å²) >= 11 is 0. The van der Waals surface area contributed by atoms with Crippen molar-refractivity contribution in [2.75, 3.05) is 39.8 Å². The molecule has 6 nitrogen and oxygen atoms in total. The van der Waals surface area contributed by atoms with E-state index in [4.69, 9.17) is 0 Å². The lowest BCUT2D eigenvalue weighted by atomic mass is 10.0. The van der Waals surface area contributed by atoms with Crippen molar-refractivity contribution in [2.45, 2.75) is 71.8 Å². The number of hydrogen-bond donors (Lipinski definition) is 3. The fourth-order valence-corrected chi connectivity index (χ4v) is 3.59. The third-order valence-corrected chi connectivity index (χ3v) is 5.30. The molecular formula is C20H42IN5O. The summed E-state index contributed by atoms with van der Waals surface area (Å²) in [5, 5.41) is 9.73. The molecule has 0 radical (unpaired) electrons. The van der Waals surface area contributed by atoms with E-state index in [1.807, 2.05) is 0 Å². The van der Waals surface area contributed by atoms with Crippen LogP contribution in [0, 0.1) is 5.92 Å². The maximum Gasteiger partial charge on any atom is 0.220 e. The van der Waals surface area contributed by atoms with E-state index in [-0.39, 0.29) is 29.9 Å². The van der Waals surface area contributed by atoms with Crippen molar-refractivity contribution < 1.29 is 4.79 Å². The average Bonchev–Trinajstić information content (AvgIpc) is 3.14. The fraction of sp³-hybridized carbons (Fsp3) is 0.900. The van der Waals surface area contributed by atoms with Crippen LogP contribution in [0.5, 0.6) is 0 Å². The van der Waals surface area contributed by atoms with E-state index in [1.54, 1.807) is 7.05 Å². The first-order valence-electron chi connectivity index (χ1n) is 10.5. The van der Waals surface area contributed by atoms with Crippen LogP contribution in [-0.4, -0.2) is 62.6 Å². The number of amides is 1. The molecule has 1 unspecified atom stereocenters. The van der Waals surface area contributed by atoms with Gasteiger partial charge in [0.05, 0.1) is 0 Å². The van der Waals surface area contributed by atoms with Crippen molar-refractivity contribution in [3.63, 3.8) is 0 Å². The van der Waals surface area contributed by atoms with Crippen LogP contribution in [-0.2, 0) is 4.79 Å². The van der Waals surface area contributed by atoms with Crippen molar-refractivity contribution in [1.82, 2.24) is 20.9 Å². The molecule has 0 bridgehead atoms. The number of aliphatic imine (C=N–C) groups is 1. The van der Waals surface area contributed by atoms with Gasteiger partial charge in [0.1, 0.15) is 0 Å². The Morgan fingerprint density at radius 3 is 2.37 bits per heavy atom. The van der Waals surface area contributed by atoms with Gasteiger partial charge in [0.15, 0.2) is 5.96 Å². The molecule has 1 aliphatic carbocycles. The van der Waals surface area contributed by atoms with E-state index in [1.165, 1.54) is 32.1 Å². The molecule has 1 atom stereocenters. The minimum Gasteiger partial charge on any atom is -0.355 e. The van der Waals surface area contributed by atoms with Crippen LogP contribution in [0.2, 0.25) is 0 Å². The summed E-state index contributed by atoms with van der Waals surface area (Å²) in [4.78, 5) is 18.7. The van der Waals surface area contributed by atoms with Crippen LogP contribution < -0.4 is 16.0 Å². The number of carbonyl (C=O) groups is 1. The minimum absolute atomic E-state index is 0. The molecule has 27 heavy (non-hydrogen) atoms. The molecule has 0 saturated heterocycles. The van der Waals surface area contributed by atoms with E-state index in [0.717, 1.165) is 32.0 Å². The number of nitrogens with one attached hydrogen (secondary N) is 3. The van der Waals surface area contributed by atoms with Crippen LogP contribution in [0.4, 0.5) is 0 Å². The van der Waals surface area contributed by atoms with Gasteiger partial charge in [-0.2, -0.15) is 0 Å². The molecule has 0 heterocycles. The summed E-state index contributed by atoms with van der Waals surface area (Å²) in [6, 6.07) is 0.383. The molecule has 1 fully saturated rings. The van der Waals surface area contributed by atoms with Gasteiger partial charge in [-0.15, -0.1) is 24.0 Å². The largest absolute Gasteiger partial charge is 0.355 e. The Bertz CT molecular complexity index is 409. The molecule has 0 spiro atoms. The summed E-state index contributed by atoms with van der Waals surface area (Å²) in [7, 11) is 1.79. The highest BCUT2D eigenvalue weighted by molar-refractivity contribution is 14.0. The lowest BCUT2D eigenvalue weighted by molar-refractivity contribution is -0.121. The first kappa shape index (κ1) is 26.4. The summed E-state index contributed by atoms with van der Waals surface area (Å²) in [6.07, 6.45) is 8.00. The van der Waals surface area contributed by atoms with E-state index in [9.17, 15) is 4.79 Å². The zero-order valence-electron chi connectivity index (χ0n) is 17.9. The fourth-order valence-electron chi connectivity index (χ4n) is 3.59. The van der Waals surface area contributed by atoms with Crippen molar-refractivity contribution >= 4 is 35.8 Å². The molecule has 0 aliphatic heterocycles. The van der Waals surface area contributed by atoms with Crippen LogP contribution in [0.15, 0.2) is 4.99 Å². The SMILES string of the molecule is CCN(CC)CCCC(C)NC(=NC)NCCNC(=O)CC1CCCC1.I. The molecule has 1 saturated carbocycles. The van der Waals surface area contributed by atoms with Crippen molar-refractivity contribution in [2.24, 2.45) is 10.9 Å². The molecule has 0 aromatic rings. The molecule has 7 heteroatoms. The second kappa shape index (κ2) is 16.4. The Kier molecular flexibility index (Phi) is 16.0. The number of nitrogens with zero attached hydrogens (tertiary/aromatic N) is 2. The number of guanidine groups is 1. The summed E-state index contributed by atoms with van der Waals surface area (Å²) in [6.45, 7) is 11.3. The minimum atomic E-state index is 0. The zero-order chi connectivity index (χ0) is 19.2. The molecule has 0 aromatic carbocycles. The topological polar surface area (TPSA) is 68.8 Å². The number of carbonyl (C=O) groups excluding carboxylic acids is 1. The van der Waals surface area contributed by atoms with Crippen molar-refractivity contribution in [1.29, 1.82) is 0 Å². The number of rotatable bonds is 12. The Labute approximate surface area is 183 Å². The van der Waals surface area contributed by atoms with Gasteiger partial charge in [-0.3, -0.25) is 9.79 Å². The normalized spacial score (nSPS) is 16.1. The third-order valence-electron chi connectivity index (χ3n) is 5.30. The first-order valence-corrected chi connectivity index (χ1v) is 10.5. The van der Waals surface area contributed by atoms with Crippen LogP contribution in [0.25, 0.3) is 0 Å². The van der Waals surface area contributed by atoms with Gasteiger partial charge in [0, 0.05) is 32.6 Å². The molecule has 1 aliphatic rings. The maximum atomic E-state index is 11.9. The number of halogens is 1. The molecule has 0 aromatic heterocycles. The van der Waals surface area contributed by atoms with Crippen LogP contribution in [0.3, 0.4) is 0 Å². The highest BCUT2D eigenvalue weighted by Gasteiger charge is 2.17. The van der Waals surface area contributed by atoms with E-state index < -0.39 is 0 Å². The summed E-state index contributed by atoms with van der Waals surface area (Å²) in [5.74, 6) is 1.60. The van der Waals surface area contributed by atoms with Gasteiger partial charge in [-0.1, -0.05) is 26.7 Å². The van der Waals surface area contributed by atoms with Crippen LogP contribution in [0.1, 0.15) is 65.7 Å². The van der Waals surface area contributed by atoms with E-state index >= 15 is 0 Å². The molecular weight excluding hydrogens is 453 g/mol. The molecule has 160 valence electrons.